The molecule has 2 saturated heterocycles. The van der Waals surface area contributed by atoms with Crippen LogP contribution in [0.15, 0.2) is 59.5 Å². The lowest BCUT2D eigenvalue weighted by atomic mass is 10.0. The number of hydrogen-bond acceptors (Lipinski definition) is 3. The van der Waals surface area contributed by atoms with E-state index in [1.165, 1.54) is 12.1 Å². The first-order valence-electron chi connectivity index (χ1n) is 9.47. The highest BCUT2D eigenvalue weighted by atomic mass is 32.2. The number of nitrogens with zero attached hydrogens (tertiary/aromatic N) is 1. The topological polar surface area (TPSA) is 54.5 Å². The van der Waals surface area contributed by atoms with Gasteiger partial charge in [-0.15, -0.1) is 0 Å². The number of alkyl halides is 3. The van der Waals surface area contributed by atoms with Gasteiger partial charge in [-0.2, -0.15) is 13.2 Å². The lowest BCUT2D eigenvalue weighted by Crippen LogP contribution is -2.49. The molecule has 0 aromatic heterocycles. The van der Waals surface area contributed by atoms with Crippen LogP contribution < -0.4 is 0 Å². The summed E-state index contributed by atoms with van der Waals surface area (Å²) in [6, 6.07) is 12.1. The monoisotopic (exact) mass is 423 g/mol. The average Bonchev–Trinajstić information content (AvgIpc) is 2.96. The molecular weight excluding hydrogens is 403 g/mol. The van der Waals surface area contributed by atoms with Gasteiger partial charge in [-0.05, 0) is 62.1 Å². The molecule has 2 fully saturated rings. The van der Waals surface area contributed by atoms with Gasteiger partial charge in [0.2, 0.25) is 0 Å². The third kappa shape index (κ3) is 3.66. The molecule has 154 valence electrons. The fraction of sp³-hybridized carbons (Fsp3) is 0.381. The smallest absolute Gasteiger partial charge is 0.333 e. The van der Waals surface area contributed by atoms with Crippen molar-refractivity contribution in [3.05, 3.63) is 65.7 Å². The van der Waals surface area contributed by atoms with E-state index in [0.29, 0.717) is 25.7 Å². The van der Waals surface area contributed by atoms with Crippen LogP contribution in [0.2, 0.25) is 0 Å². The lowest BCUT2D eigenvalue weighted by Gasteiger charge is -2.38. The van der Waals surface area contributed by atoms with Crippen molar-refractivity contribution in [3.63, 3.8) is 0 Å². The van der Waals surface area contributed by atoms with Crippen LogP contribution in [-0.4, -0.2) is 36.6 Å². The molecule has 29 heavy (non-hydrogen) atoms. The molecule has 4 rings (SSSR count). The molecule has 2 aliphatic rings. The molecular formula is C21H20F3NO3S. The normalized spacial score (nSPS) is 24.5. The Kier molecular flexibility index (Phi) is 4.93. The number of carbonyl (C=O) groups excluding carboxylic acids is 1. The van der Waals surface area contributed by atoms with Crippen LogP contribution in [0.5, 0.6) is 0 Å². The van der Waals surface area contributed by atoms with Gasteiger partial charge in [0.1, 0.15) is 0 Å². The second kappa shape index (κ2) is 7.16. The molecule has 0 N–H and O–H groups in total. The van der Waals surface area contributed by atoms with E-state index >= 15 is 0 Å². The maximum Gasteiger partial charge on any atom is 0.416 e. The fourth-order valence-electron chi connectivity index (χ4n) is 4.47. The van der Waals surface area contributed by atoms with Crippen LogP contribution in [-0.2, 0) is 16.0 Å². The first-order chi connectivity index (χ1) is 13.7. The predicted molar refractivity (Wildman–Crippen MR) is 101 cm³/mol. The Morgan fingerprint density at radius 3 is 1.97 bits per heavy atom. The molecule has 1 amide bonds. The molecule has 1 unspecified atom stereocenters. The summed E-state index contributed by atoms with van der Waals surface area (Å²) in [4.78, 5) is 14.9. The van der Waals surface area contributed by atoms with E-state index in [4.69, 9.17) is 0 Å². The zero-order valence-electron chi connectivity index (χ0n) is 15.5. The quantitative estimate of drug-likeness (QED) is 0.739. The van der Waals surface area contributed by atoms with Gasteiger partial charge in [0.05, 0.1) is 15.7 Å². The van der Waals surface area contributed by atoms with Crippen molar-refractivity contribution in [3.8, 4) is 0 Å². The summed E-state index contributed by atoms with van der Waals surface area (Å²) in [5.41, 5.74) is -0.607. The van der Waals surface area contributed by atoms with Gasteiger partial charge in [-0.25, -0.2) is 8.42 Å². The average molecular weight is 423 g/mol. The second-order valence-electron chi connectivity index (χ2n) is 7.62. The molecule has 2 aromatic rings. The summed E-state index contributed by atoms with van der Waals surface area (Å²) in [5, 5.41) is -0.556. The van der Waals surface area contributed by atoms with Crippen molar-refractivity contribution in [2.24, 2.45) is 0 Å². The van der Waals surface area contributed by atoms with Crippen molar-refractivity contribution in [2.75, 3.05) is 0 Å². The molecule has 8 heteroatoms. The Balaban J connectivity index is 1.53. The minimum absolute atomic E-state index is 0.194. The zero-order valence-corrected chi connectivity index (χ0v) is 16.3. The fourth-order valence-corrected chi connectivity index (χ4v) is 6.34. The third-order valence-corrected chi connectivity index (χ3v) is 8.09. The number of piperidine rings is 1. The SMILES string of the molecule is O=C(c1ccc(C(F)(F)F)cc1)N1[C@@H]2CC[C@H]1CC(S(=O)(=O)c1ccccc1)C2. The van der Waals surface area contributed by atoms with E-state index in [0.717, 1.165) is 12.1 Å². The Morgan fingerprint density at radius 2 is 1.45 bits per heavy atom. The summed E-state index contributed by atoms with van der Waals surface area (Å²) in [5.74, 6) is -0.332. The lowest BCUT2D eigenvalue weighted by molar-refractivity contribution is -0.137. The van der Waals surface area contributed by atoms with Gasteiger partial charge in [0.15, 0.2) is 9.84 Å². The summed E-state index contributed by atoms with van der Waals surface area (Å²) >= 11 is 0. The van der Waals surface area contributed by atoms with Gasteiger partial charge >= 0.3 is 6.18 Å². The number of benzene rings is 2. The molecule has 0 spiro atoms. The van der Waals surface area contributed by atoms with E-state index in [1.54, 1.807) is 35.2 Å². The van der Waals surface area contributed by atoms with E-state index in [9.17, 15) is 26.4 Å². The highest BCUT2D eigenvalue weighted by molar-refractivity contribution is 7.92. The highest BCUT2D eigenvalue weighted by Gasteiger charge is 2.47. The number of rotatable bonds is 3. The largest absolute Gasteiger partial charge is 0.416 e. The predicted octanol–water partition coefficient (Wildman–Crippen LogP) is 4.31. The van der Waals surface area contributed by atoms with Crippen LogP contribution >= 0.6 is 0 Å². The van der Waals surface area contributed by atoms with Gasteiger partial charge < -0.3 is 4.90 Å². The van der Waals surface area contributed by atoms with Crippen molar-refractivity contribution < 1.29 is 26.4 Å². The zero-order chi connectivity index (χ0) is 20.8. The number of halogens is 3. The van der Waals surface area contributed by atoms with Crippen molar-refractivity contribution >= 4 is 15.7 Å². The highest BCUT2D eigenvalue weighted by Crippen LogP contribution is 2.40. The van der Waals surface area contributed by atoms with Crippen LogP contribution in [0, 0.1) is 0 Å². The number of hydrogen-bond donors (Lipinski definition) is 0. The van der Waals surface area contributed by atoms with Gasteiger partial charge in [0.25, 0.3) is 5.91 Å². The molecule has 2 aromatic carbocycles. The number of sulfone groups is 1. The van der Waals surface area contributed by atoms with Gasteiger partial charge in [-0.3, -0.25) is 4.79 Å². The molecule has 4 nitrogen and oxygen atoms in total. The molecule has 3 atom stereocenters. The second-order valence-corrected chi connectivity index (χ2v) is 9.85. The number of fused-ring (bicyclic) bond motifs is 2. The first-order valence-corrected chi connectivity index (χ1v) is 11.0. The number of carbonyl (C=O) groups is 1. The van der Waals surface area contributed by atoms with Gasteiger partial charge in [-0.1, -0.05) is 18.2 Å². The molecule has 2 heterocycles. The van der Waals surface area contributed by atoms with Crippen LogP contribution in [0.3, 0.4) is 0 Å². The van der Waals surface area contributed by atoms with Crippen LogP contribution in [0.25, 0.3) is 0 Å². The summed E-state index contributed by atoms with van der Waals surface area (Å²) < 4.78 is 64.2. The third-order valence-electron chi connectivity index (χ3n) is 5.89. The summed E-state index contributed by atoms with van der Waals surface area (Å²) in [6.45, 7) is 0. The van der Waals surface area contributed by atoms with Gasteiger partial charge in [0, 0.05) is 17.6 Å². The van der Waals surface area contributed by atoms with E-state index in [-0.39, 0.29) is 28.4 Å². The maximum absolute atomic E-state index is 13.0. The Morgan fingerprint density at radius 1 is 0.897 bits per heavy atom. The van der Waals surface area contributed by atoms with Crippen molar-refractivity contribution in [1.82, 2.24) is 4.90 Å². The number of amides is 1. The van der Waals surface area contributed by atoms with Crippen molar-refractivity contribution in [1.29, 1.82) is 0 Å². The summed E-state index contributed by atoms with van der Waals surface area (Å²) in [6.07, 6.45) is -2.35. The molecule has 0 radical (unpaired) electrons. The van der Waals surface area contributed by atoms with E-state index in [2.05, 4.69) is 0 Å². The molecule has 2 bridgehead atoms. The summed E-state index contributed by atoms with van der Waals surface area (Å²) in [7, 11) is -3.49. The molecule has 0 saturated carbocycles. The van der Waals surface area contributed by atoms with E-state index in [1.807, 2.05) is 0 Å². The molecule has 2 aliphatic heterocycles. The standard InChI is InChI=1S/C21H20F3NO3S/c22-21(23,24)15-8-6-14(7-9-15)20(26)25-16-10-11-17(25)13-19(12-16)29(27,28)18-4-2-1-3-5-18/h1-9,16-17,19H,10-13H2/t16-,17+,19?. The minimum Gasteiger partial charge on any atom is -0.333 e. The minimum atomic E-state index is -4.45. The van der Waals surface area contributed by atoms with Crippen molar-refractivity contribution in [2.45, 2.75) is 54.1 Å². The molecule has 0 aliphatic carbocycles. The van der Waals surface area contributed by atoms with E-state index < -0.39 is 26.8 Å². The van der Waals surface area contributed by atoms with Crippen LogP contribution in [0.1, 0.15) is 41.6 Å². The maximum atomic E-state index is 13.0. The Hall–Kier alpha value is -2.35. The van der Waals surface area contributed by atoms with Crippen LogP contribution in [0.4, 0.5) is 13.2 Å². The Bertz CT molecular complexity index is 990. The first kappa shape index (κ1) is 19.9. The Labute approximate surface area is 167 Å².